The molecule has 0 spiro atoms. The monoisotopic (exact) mass is 316 g/mol. The van der Waals surface area contributed by atoms with E-state index in [0.29, 0.717) is 10.0 Å². The molecule has 0 aliphatic carbocycles. The Hall–Kier alpha value is -0.350. The predicted molar refractivity (Wildman–Crippen MR) is 86.1 cm³/mol. The van der Waals surface area contributed by atoms with Crippen LogP contribution in [0, 0.1) is 5.92 Å². The summed E-state index contributed by atoms with van der Waals surface area (Å²) in [6.45, 7) is 4.21. The molecule has 19 heavy (non-hydrogen) atoms. The van der Waals surface area contributed by atoms with Gasteiger partial charge in [-0.3, -0.25) is 4.90 Å². The van der Waals surface area contributed by atoms with Crippen LogP contribution in [0.1, 0.15) is 18.4 Å². The Kier molecular flexibility index (Phi) is 5.89. The smallest absolute Gasteiger partial charge is 0.0614 e. The molecule has 0 amide bonds. The average molecular weight is 317 g/mol. The molecule has 104 valence electrons. The van der Waals surface area contributed by atoms with Gasteiger partial charge in [-0.2, -0.15) is 0 Å². The molecule has 0 saturated carbocycles. The number of halogens is 2. The second-order valence-corrected chi connectivity index (χ2v) is 6.04. The molecule has 1 aromatic carbocycles. The Bertz CT molecular complexity index is 431. The Labute approximate surface area is 130 Å². The quantitative estimate of drug-likeness (QED) is 0.833. The van der Waals surface area contributed by atoms with E-state index in [-0.39, 0.29) is 0 Å². The van der Waals surface area contributed by atoms with Gasteiger partial charge in [0.05, 0.1) is 15.5 Å². The number of piperidine rings is 1. The summed E-state index contributed by atoms with van der Waals surface area (Å²) in [6.07, 6.45) is 2.44. The summed E-state index contributed by atoms with van der Waals surface area (Å²) in [5.74, 6) is 0.740. The first kappa shape index (κ1) is 15.0. The van der Waals surface area contributed by atoms with E-state index < -0.39 is 0 Å². The lowest BCUT2D eigenvalue weighted by molar-refractivity contribution is 0.178. The maximum atomic E-state index is 6.04. The third-order valence-electron chi connectivity index (χ3n) is 3.59. The van der Waals surface area contributed by atoms with Crippen molar-refractivity contribution in [3.05, 3.63) is 33.8 Å². The van der Waals surface area contributed by atoms with Crippen molar-refractivity contribution in [3.63, 3.8) is 0 Å². The van der Waals surface area contributed by atoms with Crippen LogP contribution in [0.2, 0.25) is 10.0 Å². The summed E-state index contributed by atoms with van der Waals surface area (Å²) in [7, 11) is 0. The zero-order valence-corrected chi connectivity index (χ0v) is 13.1. The first-order valence-electron chi connectivity index (χ1n) is 6.52. The fraction of sp³-hybridized carbons (Fsp3) is 0.500. The lowest BCUT2D eigenvalue weighted by Crippen LogP contribution is -2.36. The van der Waals surface area contributed by atoms with E-state index >= 15 is 0 Å². The Morgan fingerprint density at radius 1 is 1.26 bits per heavy atom. The maximum Gasteiger partial charge on any atom is 0.0614 e. The number of rotatable bonds is 5. The molecule has 0 unspecified atom stereocenters. The fourth-order valence-corrected chi connectivity index (χ4v) is 2.88. The Balaban J connectivity index is 1.81. The first-order chi connectivity index (χ1) is 9.19. The molecule has 1 heterocycles. The van der Waals surface area contributed by atoms with Gasteiger partial charge in [0.2, 0.25) is 0 Å². The van der Waals surface area contributed by atoms with Crippen LogP contribution in [0.3, 0.4) is 0 Å². The highest BCUT2D eigenvalue weighted by Gasteiger charge is 2.18. The molecule has 1 aromatic rings. The molecule has 0 atom stereocenters. The molecule has 0 radical (unpaired) electrons. The number of hydrogen-bond donors (Lipinski definition) is 1. The molecule has 1 aliphatic rings. The maximum absolute atomic E-state index is 6.04. The van der Waals surface area contributed by atoms with Crippen molar-refractivity contribution >= 4 is 40.9 Å². The SMILES string of the molecule is S=CNCC1CCN(Cc2ccc(Cl)c(Cl)c2)CC1. The van der Waals surface area contributed by atoms with Crippen LogP contribution in [0.4, 0.5) is 0 Å². The van der Waals surface area contributed by atoms with E-state index in [4.69, 9.17) is 35.4 Å². The third kappa shape index (κ3) is 4.60. The van der Waals surface area contributed by atoms with Gasteiger partial charge in [-0.25, -0.2) is 0 Å². The standard InChI is InChI=1S/C14H18Cl2N2S/c15-13-2-1-12(7-14(13)16)9-18-5-3-11(4-6-18)8-17-10-19/h1-2,7,10-11H,3-6,8-9H2,(H,17,19). The summed E-state index contributed by atoms with van der Waals surface area (Å²) in [5.41, 5.74) is 2.84. The van der Waals surface area contributed by atoms with E-state index in [1.165, 1.54) is 18.4 Å². The topological polar surface area (TPSA) is 15.3 Å². The number of nitrogens with zero attached hydrogens (tertiary/aromatic N) is 1. The van der Waals surface area contributed by atoms with E-state index in [2.05, 4.69) is 10.2 Å². The number of benzene rings is 1. The largest absolute Gasteiger partial charge is 0.382 e. The average Bonchev–Trinajstić information content (AvgIpc) is 2.42. The molecular formula is C14H18Cl2N2S. The molecular weight excluding hydrogens is 299 g/mol. The molecule has 2 nitrogen and oxygen atoms in total. The van der Waals surface area contributed by atoms with Gasteiger partial charge < -0.3 is 5.32 Å². The number of nitrogens with one attached hydrogen (secondary N) is 1. The minimum atomic E-state index is 0.621. The lowest BCUT2D eigenvalue weighted by Gasteiger charge is -2.31. The van der Waals surface area contributed by atoms with Crippen LogP contribution in [0.25, 0.3) is 0 Å². The van der Waals surface area contributed by atoms with Crippen LogP contribution in [-0.4, -0.2) is 30.0 Å². The van der Waals surface area contributed by atoms with Crippen LogP contribution in [-0.2, 0) is 6.54 Å². The zero-order chi connectivity index (χ0) is 13.7. The normalized spacial score (nSPS) is 17.4. The zero-order valence-electron chi connectivity index (χ0n) is 10.7. The van der Waals surface area contributed by atoms with Gasteiger partial charge in [0.1, 0.15) is 0 Å². The second kappa shape index (κ2) is 7.44. The number of hydrogen-bond acceptors (Lipinski definition) is 2. The highest BCUT2D eigenvalue weighted by Crippen LogP contribution is 2.24. The Morgan fingerprint density at radius 2 is 2.00 bits per heavy atom. The number of likely N-dealkylation sites (tertiary alicyclic amines) is 1. The fourth-order valence-electron chi connectivity index (χ4n) is 2.46. The van der Waals surface area contributed by atoms with Crippen molar-refractivity contribution in [2.45, 2.75) is 19.4 Å². The van der Waals surface area contributed by atoms with Gasteiger partial charge in [0.25, 0.3) is 0 Å². The van der Waals surface area contributed by atoms with E-state index in [9.17, 15) is 0 Å². The van der Waals surface area contributed by atoms with Crippen molar-refractivity contribution in [2.24, 2.45) is 5.92 Å². The first-order valence-corrected chi connectivity index (χ1v) is 7.75. The molecule has 1 aliphatic heterocycles. The molecule has 1 saturated heterocycles. The summed E-state index contributed by atoms with van der Waals surface area (Å²) in [4.78, 5) is 2.47. The summed E-state index contributed by atoms with van der Waals surface area (Å²) in [5, 5.41) is 4.39. The molecule has 2 rings (SSSR count). The minimum absolute atomic E-state index is 0.621. The summed E-state index contributed by atoms with van der Waals surface area (Å²) < 4.78 is 0. The van der Waals surface area contributed by atoms with E-state index in [1.54, 1.807) is 5.49 Å². The van der Waals surface area contributed by atoms with Gasteiger partial charge >= 0.3 is 0 Å². The summed E-state index contributed by atoms with van der Waals surface area (Å²) in [6, 6.07) is 5.88. The molecule has 0 aromatic heterocycles. The van der Waals surface area contributed by atoms with Crippen LogP contribution < -0.4 is 5.32 Å². The van der Waals surface area contributed by atoms with E-state index in [0.717, 1.165) is 32.1 Å². The van der Waals surface area contributed by atoms with Gasteiger partial charge in [-0.15, -0.1) is 0 Å². The highest BCUT2D eigenvalue weighted by molar-refractivity contribution is 7.78. The van der Waals surface area contributed by atoms with Gasteiger partial charge in [-0.1, -0.05) is 41.5 Å². The predicted octanol–water partition coefficient (Wildman–Crippen LogP) is 3.75. The molecule has 1 fully saturated rings. The Morgan fingerprint density at radius 3 is 2.63 bits per heavy atom. The van der Waals surface area contributed by atoms with Crippen LogP contribution >= 0.6 is 35.4 Å². The minimum Gasteiger partial charge on any atom is -0.382 e. The summed E-state index contributed by atoms with van der Waals surface area (Å²) >= 11 is 16.8. The highest BCUT2D eigenvalue weighted by atomic mass is 35.5. The van der Waals surface area contributed by atoms with Crippen molar-refractivity contribution < 1.29 is 0 Å². The van der Waals surface area contributed by atoms with Gasteiger partial charge in [-0.05, 0) is 49.5 Å². The third-order valence-corrected chi connectivity index (χ3v) is 4.49. The van der Waals surface area contributed by atoms with Gasteiger partial charge in [0, 0.05) is 13.1 Å². The molecule has 0 bridgehead atoms. The van der Waals surface area contributed by atoms with E-state index in [1.807, 2.05) is 18.2 Å². The van der Waals surface area contributed by atoms with Crippen molar-refractivity contribution in [2.75, 3.05) is 19.6 Å². The second-order valence-electron chi connectivity index (χ2n) is 4.99. The van der Waals surface area contributed by atoms with Crippen LogP contribution in [0.15, 0.2) is 18.2 Å². The molecule has 5 heteroatoms. The van der Waals surface area contributed by atoms with Crippen molar-refractivity contribution in [3.8, 4) is 0 Å². The van der Waals surface area contributed by atoms with Crippen LogP contribution in [0.5, 0.6) is 0 Å². The van der Waals surface area contributed by atoms with Gasteiger partial charge in [0.15, 0.2) is 0 Å². The number of thiocarbonyl (C=S) groups is 1. The van der Waals surface area contributed by atoms with Crippen molar-refractivity contribution in [1.29, 1.82) is 0 Å². The molecule has 1 N–H and O–H groups in total. The van der Waals surface area contributed by atoms with Crippen molar-refractivity contribution in [1.82, 2.24) is 10.2 Å². The lowest BCUT2D eigenvalue weighted by atomic mass is 9.96.